The van der Waals surface area contributed by atoms with Crippen LogP contribution in [0.4, 0.5) is 0 Å². The third-order valence-electron chi connectivity index (χ3n) is 3.84. The van der Waals surface area contributed by atoms with Crippen molar-refractivity contribution < 1.29 is 14.3 Å². The lowest BCUT2D eigenvalue weighted by atomic mass is 10.1. The normalized spacial score (nSPS) is 11.6. The fraction of sp³-hybridized carbons (Fsp3) is 0.550. The number of nitriles is 1. The van der Waals surface area contributed by atoms with Gasteiger partial charge in [-0.15, -0.1) is 0 Å². The van der Waals surface area contributed by atoms with Crippen molar-refractivity contribution in [1.82, 2.24) is 9.88 Å². The summed E-state index contributed by atoms with van der Waals surface area (Å²) in [6.45, 7) is 13.2. The molecule has 1 amide bonds. The first-order chi connectivity index (χ1) is 12.1. The Hall–Kier alpha value is -2.55. The first kappa shape index (κ1) is 21.5. The van der Waals surface area contributed by atoms with Gasteiger partial charge >= 0.3 is 5.97 Å². The van der Waals surface area contributed by atoms with E-state index in [1.54, 1.807) is 0 Å². The zero-order chi connectivity index (χ0) is 19.9. The summed E-state index contributed by atoms with van der Waals surface area (Å²) in [5, 5.41) is 11.9. The Morgan fingerprint density at radius 1 is 1.27 bits per heavy atom. The molecule has 1 heterocycles. The highest BCUT2D eigenvalue weighted by Gasteiger charge is 2.16. The van der Waals surface area contributed by atoms with Crippen molar-refractivity contribution in [2.75, 3.05) is 13.2 Å². The summed E-state index contributed by atoms with van der Waals surface area (Å²) in [4.78, 5) is 23.7. The number of esters is 1. The summed E-state index contributed by atoms with van der Waals surface area (Å²) in [6.07, 6.45) is 1.52. The molecule has 0 spiro atoms. The van der Waals surface area contributed by atoms with Crippen LogP contribution in [-0.4, -0.2) is 29.6 Å². The van der Waals surface area contributed by atoms with Crippen LogP contribution in [-0.2, 0) is 20.9 Å². The number of nitrogens with one attached hydrogen (secondary N) is 1. The number of rotatable bonds is 8. The van der Waals surface area contributed by atoms with Crippen molar-refractivity contribution in [3.63, 3.8) is 0 Å². The molecule has 1 aromatic rings. The molecule has 26 heavy (non-hydrogen) atoms. The van der Waals surface area contributed by atoms with Gasteiger partial charge in [-0.05, 0) is 43.4 Å². The van der Waals surface area contributed by atoms with Crippen LogP contribution in [0.15, 0.2) is 11.6 Å². The first-order valence-corrected chi connectivity index (χ1v) is 8.88. The molecule has 0 fully saturated rings. The number of hydrogen-bond acceptors (Lipinski definition) is 4. The lowest BCUT2D eigenvalue weighted by molar-refractivity contribution is -0.144. The molecule has 0 radical (unpaired) electrons. The average Bonchev–Trinajstić information content (AvgIpc) is 2.82. The maximum Gasteiger partial charge on any atom is 0.349 e. The SMILES string of the molecule is Cc1cc(/C=C(\C#N)C(=O)OCC(=O)NCC(C)C)c(C)n1CC(C)C. The van der Waals surface area contributed by atoms with E-state index in [0.717, 1.165) is 23.5 Å². The smallest absolute Gasteiger partial charge is 0.349 e. The van der Waals surface area contributed by atoms with E-state index < -0.39 is 12.6 Å². The molecular formula is C20H29N3O3. The monoisotopic (exact) mass is 359 g/mol. The third kappa shape index (κ3) is 6.40. The Morgan fingerprint density at radius 2 is 1.92 bits per heavy atom. The molecule has 0 aliphatic heterocycles. The maximum absolute atomic E-state index is 12.1. The van der Waals surface area contributed by atoms with Gasteiger partial charge in [-0.3, -0.25) is 4.79 Å². The molecular weight excluding hydrogens is 330 g/mol. The van der Waals surface area contributed by atoms with Gasteiger partial charge in [-0.25, -0.2) is 4.79 Å². The lowest BCUT2D eigenvalue weighted by Crippen LogP contribution is -2.31. The van der Waals surface area contributed by atoms with Crippen molar-refractivity contribution >= 4 is 18.0 Å². The predicted octanol–water partition coefficient (Wildman–Crippen LogP) is 2.98. The Kier molecular flexibility index (Phi) is 8.11. The second-order valence-electron chi connectivity index (χ2n) is 7.27. The van der Waals surface area contributed by atoms with Crippen LogP contribution in [0.1, 0.15) is 44.6 Å². The topological polar surface area (TPSA) is 84.1 Å². The molecule has 1 N–H and O–H groups in total. The summed E-state index contributed by atoms with van der Waals surface area (Å²) in [5.74, 6) is -0.369. The minimum absolute atomic E-state index is 0.119. The number of carbonyl (C=O) groups is 2. The number of hydrogen-bond donors (Lipinski definition) is 1. The highest BCUT2D eigenvalue weighted by atomic mass is 16.5. The van der Waals surface area contributed by atoms with Gasteiger partial charge in [0.15, 0.2) is 6.61 Å². The zero-order valence-corrected chi connectivity index (χ0v) is 16.5. The van der Waals surface area contributed by atoms with Crippen LogP contribution in [0.25, 0.3) is 6.08 Å². The number of ether oxygens (including phenoxy) is 1. The van der Waals surface area contributed by atoms with E-state index in [1.165, 1.54) is 6.08 Å². The lowest BCUT2D eigenvalue weighted by Gasteiger charge is -2.12. The van der Waals surface area contributed by atoms with E-state index in [2.05, 4.69) is 23.7 Å². The van der Waals surface area contributed by atoms with E-state index in [1.807, 2.05) is 39.8 Å². The van der Waals surface area contributed by atoms with Crippen LogP contribution in [0.2, 0.25) is 0 Å². The number of amides is 1. The van der Waals surface area contributed by atoms with Crippen LogP contribution in [0, 0.1) is 37.0 Å². The van der Waals surface area contributed by atoms with Gasteiger partial charge in [0.05, 0.1) is 0 Å². The maximum atomic E-state index is 12.1. The number of nitrogens with zero attached hydrogens (tertiary/aromatic N) is 2. The molecule has 0 aliphatic carbocycles. The Morgan fingerprint density at radius 3 is 2.46 bits per heavy atom. The van der Waals surface area contributed by atoms with Crippen LogP contribution >= 0.6 is 0 Å². The Bertz CT molecular complexity index is 721. The van der Waals surface area contributed by atoms with E-state index in [0.29, 0.717) is 18.4 Å². The van der Waals surface area contributed by atoms with Gasteiger partial charge in [-0.2, -0.15) is 5.26 Å². The number of aromatic nitrogens is 1. The quantitative estimate of drug-likeness (QED) is 0.439. The average molecular weight is 359 g/mol. The summed E-state index contributed by atoms with van der Waals surface area (Å²) in [7, 11) is 0. The van der Waals surface area contributed by atoms with Crippen molar-refractivity contribution in [3.05, 3.63) is 28.6 Å². The molecule has 0 atom stereocenters. The van der Waals surface area contributed by atoms with Crippen molar-refractivity contribution in [2.45, 2.75) is 48.1 Å². The van der Waals surface area contributed by atoms with Crippen LogP contribution in [0.3, 0.4) is 0 Å². The van der Waals surface area contributed by atoms with Gasteiger partial charge in [-0.1, -0.05) is 27.7 Å². The second-order valence-corrected chi connectivity index (χ2v) is 7.27. The highest BCUT2D eigenvalue weighted by molar-refractivity contribution is 5.99. The molecule has 1 rings (SSSR count). The minimum atomic E-state index is -0.791. The summed E-state index contributed by atoms with van der Waals surface area (Å²) >= 11 is 0. The molecule has 0 aliphatic rings. The molecule has 142 valence electrons. The van der Waals surface area contributed by atoms with E-state index in [9.17, 15) is 14.9 Å². The number of carbonyl (C=O) groups excluding carboxylic acids is 2. The minimum Gasteiger partial charge on any atom is -0.451 e. The molecule has 6 nitrogen and oxygen atoms in total. The zero-order valence-electron chi connectivity index (χ0n) is 16.5. The summed E-state index contributed by atoms with van der Waals surface area (Å²) < 4.78 is 7.12. The first-order valence-electron chi connectivity index (χ1n) is 8.88. The van der Waals surface area contributed by atoms with Crippen molar-refractivity contribution in [3.8, 4) is 6.07 Å². The van der Waals surface area contributed by atoms with Crippen molar-refractivity contribution in [1.29, 1.82) is 5.26 Å². The molecule has 0 unspecified atom stereocenters. The van der Waals surface area contributed by atoms with Gasteiger partial charge in [0.1, 0.15) is 11.6 Å². The molecule has 0 saturated heterocycles. The standard InChI is InChI=1S/C20H29N3O3/c1-13(2)10-22-19(24)12-26-20(25)18(9-21)8-17-7-15(5)23(16(17)6)11-14(3)4/h7-8,13-14H,10-12H2,1-6H3,(H,22,24)/b18-8+. The highest BCUT2D eigenvalue weighted by Crippen LogP contribution is 2.20. The third-order valence-corrected chi connectivity index (χ3v) is 3.84. The van der Waals surface area contributed by atoms with E-state index in [4.69, 9.17) is 4.74 Å². The Labute approximate surface area is 155 Å². The Balaban J connectivity index is 2.83. The fourth-order valence-corrected chi connectivity index (χ4v) is 2.49. The summed E-state index contributed by atoms with van der Waals surface area (Å²) in [5.41, 5.74) is 2.75. The fourth-order valence-electron chi connectivity index (χ4n) is 2.49. The summed E-state index contributed by atoms with van der Waals surface area (Å²) in [6, 6.07) is 3.81. The van der Waals surface area contributed by atoms with Gasteiger partial charge < -0.3 is 14.6 Å². The van der Waals surface area contributed by atoms with E-state index >= 15 is 0 Å². The molecule has 0 aromatic carbocycles. The molecule has 0 saturated carbocycles. The van der Waals surface area contributed by atoms with Crippen LogP contribution < -0.4 is 5.32 Å². The van der Waals surface area contributed by atoms with Gasteiger partial charge in [0, 0.05) is 24.5 Å². The van der Waals surface area contributed by atoms with Gasteiger partial charge in [0.2, 0.25) is 0 Å². The molecule has 0 bridgehead atoms. The van der Waals surface area contributed by atoms with Crippen LogP contribution in [0.5, 0.6) is 0 Å². The van der Waals surface area contributed by atoms with Crippen molar-refractivity contribution in [2.24, 2.45) is 11.8 Å². The predicted molar refractivity (Wildman–Crippen MR) is 101 cm³/mol. The second kappa shape index (κ2) is 9.81. The molecule has 1 aromatic heterocycles. The number of aryl methyl sites for hydroxylation is 1. The van der Waals surface area contributed by atoms with E-state index in [-0.39, 0.29) is 11.5 Å². The van der Waals surface area contributed by atoms with Gasteiger partial charge in [0.25, 0.3) is 5.91 Å². The largest absolute Gasteiger partial charge is 0.451 e. The molecule has 6 heteroatoms.